The maximum Gasteiger partial charge on any atom is 0.410 e. The average Bonchev–Trinajstić information content (AvgIpc) is 1.58. The summed E-state index contributed by atoms with van der Waals surface area (Å²) in [5, 5.41) is 6.19. The van der Waals surface area contributed by atoms with E-state index in [1.54, 1.807) is 4.90 Å². The fourth-order valence-electron chi connectivity index (χ4n) is 19.9. The number of aryl methyl sites for hydroxylation is 8. The average molecular weight is 1500 g/mol. The normalized spacial score (nSPS) is 21.7. The Hall–Kier alpha value is -10.2. The van der Waals surface area contributed by atoms with E-state index in [0.29, 0.717) is 52.5 Å². The highest BCUT2D eigenvalue weighted by Gasteiger charge is 2.57. The van der Waals surface area contributed by atoms with Crippen molar-refractivity contribution >= 4 is 68.8 Å². The molecule has 4 atom stereocenters. The molecule has 4 heterocycles. The molecule has 6 saturated carbocycles. The van der Waals surface area contributed by atoms with Crippen molar-refractivity contribution in [1.29, 1.82) is 0 Å². The molecule has 112 heavy (non-hydrogen) atoms. The Kier molecular flexibility index (Phi) is 17.6. The first kappa shape index (κ1) is 72.1. The van der Waals surface area contributed by atoms with Crippen molar-refractivity contribution in [1.82, 2.24) is 29.7 Å². The fraction of sp³-hybridized carbons (Fsp3) is 0.438. The molecule has 8 aromatic carbocycles. The number of imidazole rings is 2. The van der Waals surface area contributed by atoms with Crippen molar-refractivity contribution in [3.05, 3.63) is 202 Å². The second-order valence-electron chi connectivity index (χ2n) is 37.8. The first-order valence-electron chi connectivity index (χ1n) is 41.7. The van der Waals surface area contributed by atoms with Crippen molar-refractivity contribution < 1.29 is 28.7 Å². The first-order chi connectivity index (χ1) is 53.8. The minimum Gasteiger partial charge on any atom is -0.444 e. The van der Waals surface area contributed by atoms with Crippen LogP contribution in [0, 0.1) is 27.6 Å². The highest BCUT2D eigenvalue weighted by Crippen LogP contribution is 2.63. The van der Waals surface area contributed by atoms with Crippen molar-refractivity contribution in [2.45, 2.75) is 225 Å². The van der Waals surface area contributed by atoms with E-state index in [2.05, 4.69) is 136 Å². The van der Waals surface area contributed by atoms with Gasteiger partial charge in [-0.05, 0) is 355 Å². The van der Waals surface area contributed by atoms with E-state index in [9.17, 15) is 19.2 Å². The van der Waals surface area contributed by atoms with Gasteiger partial charge in [0.05, 0.1) is 50.9 Å². The van der Waals surface area contributed by atoms with Gasteiger partial charge in [-0.1, -0.05) is 97.1 Å². The molecule has 2 saturated heterocycles. The van der Waals surface area contributed by atoms with Gasteiger partial charge >= 0.3 is 12.2 Å². The summed E-state index contributed by atoms with van der Waals surface area (Å²) in [6.07, 6.45) is 25.0. The monoisotopic (exact) mass is 1490 g/mol. The zero-order valence-electron chi connectivity index (χ0n) is 65.9. The highest BCUT2D eigenvalue weighted by atomic mass is 16.6. The lowest BCUT2D eigenvalue weighted by molar-refractivity contribution is -0.120. The number of anilines is 4. The zero-order chi connectivity index (χ0) is 76.8. The number of fused-ring (bicyclic) bond motifs is 2. The van der Waals surface area contributed by atoms with E-state index in [-0.39, 0.29) is 40.7 Å². The van der Waals surface area contributed by atoms with Gasteiger partial charge < -0.3 is 41.5 Å². The lowest BCUT2D eigenvalue weighted by Gasteiger charge is -2.28. The van der Waals surface area contributed by atoms with E-state index >= 15 is 0 Å². The molecule has 2 aromatic heterocycles. The summed E-state index contributed by atoms with van der Waals surface area (Å²) >= 11 is 0. The maximum absolute atomic E-state index is 13.7. The third kappa shape index (κ3) is 14.7. The second kappa shape index (κ2) is 27.3. The van der Waals surface area contributed by atoms with Gasteiger partial charge in [-0.15, -0.1) is 0 Å². The summed E-state index contributed by atoms with van der Waals surface area (Å²) < 4.78 is 11.5. The Morgan fingerprint density at radius 2 is 0.821 bits per heavy atom. The van der Waals surface area contributed by atoms with Crippen molar-refractivity contribution in [2.75, 3.05) is 35.2 Å². The number of nitrogens with one attached hydrogen (secondary N) is 4. The number of likely N-dealkylation sites (tertiary alicyclic amines) is 2. The number of aromatic nitrogens is 4. The number of hydrogen-bond donors (Lipinski definition) is 6. The SMILES string of the molecule is CC(C)(C)OC(=O)N1CC2(CC2)CC1C(=O)Nc1ccc(-c2cc3ccc2CCc2ccc(c(-c4ccc(NC(=O)C5CCC6(CC6)C5)c(N)c4)c2)CC3)cc1N.CC(C)(C)OC(=O)N1CC2(CC2)CC1c1nc2ccc(-c3cc4ccc3CCc3ccc(c(-c5ccc6nc(C7CCC8(CC8)C7)[nH]c6c5)c3)CC4)cc2[nH]1. The Labute approximate surface area is 657 Å². The molecule has 4 spiro atoms. The molecule has 4 amide bonds. The second-order valence-corrected chi connectivity index (χ2v) is 37.8. The molecule has 16 nitrogen and oxygen atoms in total. The topological polar surface area (TPSA) is 227 Å². The number of carbonyl (C=O) groups excluding carboxylic acids is 4. The molecule has 16 aliphatic rings. The number of nitrogens with two attached hydrogens (primary N) is 2. The van der Waals surface area contributed by atoms with Crippen LogP contribution in [-0.4, -0.2) is 84.1 Å². The lowest BCUT2D eigenvalue weighted by atomic mass is 9.87. The molecule has 4 unspecified atom stereocenters. The predicted octanol–water partition coefficient (Wildman–Crippen LogP) is 20.5. The number of hydrogen-bond acceptors (Lipinski definition) is 10. The number of nitrogens with zero attached hydrogens (tertiary/aromatic N) is 4. The van der Waals surface area contributed by atoms with Gasteiger partial charge in [0.2, 0.25) is 11.8 Å². The number of rotatable bonds is 10. The maximum atomic E-state index is 13.7. The van der Waals surface area contributed by atoms with Gasteiger partial charge in [0, 0.05) is 24.9 Å². The molecule has 10 aromatic rings. The van der Waals surface area contributed by atoms with Gasteiger partial charge in [0.15, 0.2) is 0 Å². The Morgan fingerprint density at radius 3 is 1.27 bits per heavy atom. The summed E-state index contributed by atoms with van der Waals surface area (Å²) in [6.45, 7) is 12.6. The quantitative estimate of drug-likeness (QED) is 0.0710. The third-order valence-corrected chi connectivity index (χ3v) is 27.2. The van der Waals surface area contributed by atoms with E-state index < -0.39 is 23.3 Å². The van der Waals surface area contributed by atoms with Crippen LogP contribution in [0.25, 0.3) is 66.6 Å². The standard InChI is InChI=1S/C48H55N5O4.C48H51N5O2/c1-46(2,3)57-45(56)53-28-48(20-21-48)27-42(53)44(55)52-41-15-13-34(25-39(41)50)37-23-30-5-9-31-8-4-29(6-10-32(37)11-7-30)22-36(31)33-12-14-40(38(49)24-33)51-43(54)35-16-17-47(26-35)18-19-47;1-46(2,3)55-45(54)53-28-48(20-21-48)27-42(53)44-50-39-15-13-34(25-41(39)52-44)37-23-30-5-9-31-8-4-29(6-10-32(37)11-7-30)22-36(31)33-12-14-38-40(24-33)51-43(49-38)35-16-17-47(26-35)18-19-47/h4,7-8,11-15,22-25,35,42H,5-6,9-10,16-21,26-28,49-50H2,1-3H3,(H,51,54)(H,52,55);4,7-8,11-15,22-25,35,42H,5-6,9-10,16-21,26-28H2,1-3H3,(H,49,51)(H,50,52). The summed E-state index contributed by atoms with van der Waals surface area (Å²) in [4.78, 5) is 74.4. The molecule has 8 fully saturated rings. The molecule has 8 bridgehead atoms. The van der Waals surface area contributed by atoms with Gasteiger partial charge in [-0.25, -0.2) is 19.6 Å². The first-order valence-corrected chi connectivity index (χ1v) is 41.7. The van der Waals surface area contributed by atoms with Crippen LogP contribution >= 0.6 is 0 Å². The van der Waals surface area contributed by atoms with Crippen LogP contribution in [0.3, 0.4) is 0 Å². The Balaban J connectivity index is 0.000000151. The Morgan fingerprint density at radius 1 is 0.420 bits per heavy atom. The number of H-pyrrole nitrogens is 2. The molecular weight excluding hydrogens is 1390 g/mol. The summed E-state index contributed by atoms with van der Waals surface area (Å²) in [6, 6.07) is 52.6. The zero-order valence-corrected chi connectivity index (χ0v) is 65.9. The van der Waals surface area contributed by atoms with Gasteiger partial charge in [-0.3, -0.25) is 19.4 Å². The summed E-state index contributed by atoms with van der Waals surface area (Å²) in [7, 11) is 0. The van der Waals surface area contributed by atoms with E-state index in [4.69, 9.17) is 30.9 Å². The molecular formula is C96H106N10O6. The molecule has 2 aliphatic heterocycles. The fourth-order valence-corrected chi connectivity index (χ4v) is 19.9. The number of carbonyl (C=O) groups is 4. The van der Waals surface area contributed by atoms with Crippen molar-refractivity contribution in [3.63, 3.8) is 0 Å². The van der Waals surface area contributed by atoms with Crippen LogP contribution < -0.4 is 22.1 Å². The van der Waals surface area contributed by atoms with Crippen LogP contribution in [0.4, 0.5) is 32.3 Å². The molecule has 0 radical (unpaired) electrons. The minimum absolute atomic E-state index is 0.0210. The van der Waals surface area contributed by atoms with Gasteiger partial charge in [0.1, 0.15) is 28.9 Å². The van der Waals surface area contributed by atoms with E-state index in [1.165, 1.54) is 142 Å². The number of aromatic amines is 2. The number of benzene rings is 8. The number of nitrogen functional groups attached to an aromatic ring is 2. The van der Waals surface area contributed by atoms with Crippen LogP contribution in [0.15, 0.2) is 146 Å². The van der Waals surface area contributed by atoms with Crippen LogP contribution in [-0.2, 0) is 70.4 Å². The number of amides is 4. The van der Waals surface area contributed by atoms with Crippen LogP contribution in [0.5, 0.6) is 0 Å². The third-order valence-electron chi connectivity index (χ3n) is 27.2. The van der Waals surface area contributed by atoms with Crippen LogP contribution in [0.1, 0.15) is 212 Å². The molecule has 576 valence electrons. The summed E-state index contributed by atoms with van der Waals surface area (Å²) in [5.41, 5.74) is 39.9. The minimum atomic E-state index is -0.643. The molecule has 8 N–H and O–H groups in total. The van der Waals surface area contributed by atoms with Gasteiger partial charge in [0.25, 0.3) is 0 Å². The van der Waals surface area contributed by atoms with Crippen molar-refractivity contribution in [3.8, 4) is 44.5 Å². The molecule has 14 aliphatic carbocycles. The van der Waals surface area contributed by atoms with Crippen molar-refractivity contribution in [2.24, 2.45) is 27.6 Å². The summed E-state index contributed by atoms with van der Waals surface area (Å²) in [5.74, 6) is 2.60. The predicted molar refractivity (Wildman–Crippen MR) is 445 cm³/mol. The highest BCUT2D eigenvalue weighted by molar-refractivity contribution is 6.00. The largest absolute Gasteiger partial charge is 0.444 e. The van der Waals surface area contributed by atoms with Crippen LogP contribution in [0.2, 0.25) is 0 Å². The Bertz CT molecular complexity index is 5460. The van der Waals surface area contributed by atoms with Gasteiger partial charge in [-0.2, -0.15) is 0 Å². The number of ether oxygens (including phenoxy) is 2. The van der Waals surface area contributed by atoms with E-state index in [1.807, 2.05) is 76.8 Å². The smallest absolute Gasteiger partial charge is 0.410 e. The molecule has 26 rings (SSSR count). The lowest BCUT2D eigenvalue weighted by Crippen LogP contribution is -2.45. The molecule has 16 heteroatoms. The van der Waals surface area contributed by atoms with E-state index in [0.717, 1.165) is 135 Å².